The molecule has 0 fully saturated rings. The van der Waals surface area contributed by atoms with Crippen LogP contribution in [0, 0.1) is 24.2 Å². The number of rotatable bonds is 3. The molecule has 0 aliphatic heterocycles. The molecule has 0 heterocycles. The van der Waals surface area contributed by atoms with Crippen molar-refractivity contribution in [3.8, 4) is 24.2 Å². The molecule has 0 aromatic carbocycles. The van der Waals surface area contributed by atoms with E-state index in [9.17, 15) is 0 Å². The van der Waals surface area contributed by atoms with Crippen LogP contribution < -0.4 is 0 Å². The summed E-state index contributed by atoms with van der Waals surface area (Å²) in [6, 6.07) is 0. The molecule has 2 nitrogen and oxygen atoms in total. The van der Waals surface area contributed by atoms with Crippen LogP contribution in [0.4, 0.5) is 0 Å². The second kappa shape index (κ2) is 7.66. The van der Waals surface area contributed by atoms with Crippen LogP contribution in [0.5, 0.6) is 0 Å². The van der Waals surface area contributed by atoms with Crippen LogP contribution in [-0.4, -0.2) is 22.9 Å². The van der Waals surface area contributed by atoms with Crippen LogP contribution in [0.15, 0.2) is 17.9 Å². The van der Waals surface area contributed by atoms with E-state index in [4.69, 9.17) is 16.6 Å². The molecule has 0 aliphatic carbocycles. The van der Waals surface area contributed by atoms with Crippen LogP contribution in [0.25, 0.3) is 0 Å². The Morgan fingerprint density at radius 2 is 2.25 bits per heavy atom. The highest BCUT2D eigenvalue weighted by molar-refractivity contribution is 5.27. The first-order chi connectivity index (χ1) is 5.81. The number of terminal acetylenes is 1. The number of hydrogen-bond donors (Lipinski definition) is 2. The minimum absolute atomic E-state index is 0.0462. The average Bonchev–Trinajstić information content (AvgIpc) is 2.05. The van der Waals surface area contributed by atoms with Crippen molar-refractivity contribution in [2.45, 2.75) is 12.5 Å². The van der Waals surface area contributed by atoms with E-state index in [-0.39, 0.29) is 6.61 Å². The standard InChI is InChI=1S/C10H10O2/c1-2-3-4-5-6-7-10(12)8-9-11/h1,5,7,10-12H,8-9H2/t6?,10-/m0/s1. The van der Waals surface area contributed by atoms with Crippen molar-refractivity contribution in [2.24, 2.45) is 0 Å². The topological polar surface area (TPSA) is 40.5 Å². The van der Waals surface area contributed by atoms with Crippen LogP contribution in [0.2, 0.25) is 0 Å². The highest BCUT2D eigenvalue weighted by atomic mass is 16.3. The molecule has 0 aromatic heterocycles. The largest absolute Gasteiger partial charge is 0.396 e. The summed E-state index contributed by atoms with van der Waals surface area (Å²) in [6.07, 6.45) is 7.33. The van der Waals surface area contributed by atoms with Gasteiger partial charge in [0.05, 0.1) is 6.10 Å². The molecule has 1 atom stereocenters. The summed E-state index contributed by atoms with van der Waals surface area (Å²) in [6.45, 7) is -0.0462. The maximum atomic E-state index is 9.02. The van der Waals surface area contributed by atoms with E-state index in [1.165, 1.54) is 12.2 Å². The molecule has 2 heteroatoms. The summed E-state index contributed by atoms with van der Waals surface area (Å²) < 4.78 is 0. The van der Waals surface area contributed by atoms with Crippen LogP contribution in [0.1, 0.15) is 6.42 Å². The number of aliphatic hydroxyl groups excluding tert-OH is 2. The molecule has 0 aliphatic rings. The molecule has 0 unspecified atom stereocenters. The zero-order valence-electron chi connectivity index (χ0n) is 6.62. The summed E-state index contributed by atoms with van der Waals surface area (Å²) in [4.78, 5) is 0. The highest BCUT2D eigenvalue weighted by Crippen LogP contribution is 1.89. The zero-order valence-corrected chi connectivity index (χ0v) is 6.62. The van der Waals surface area contributed by atoms with Gasteiger partial charge >= 0.3 is 0 Å². The van der Waals surface area contributed by atoms with Gasteiger partial charge in [-0.3, -0.25) is 0 Å². The van der Waals surface area contributed by atoms with E-state index in [0.717, 1.165) is 0 Å². The van der Waals surface area contributed by atoms with E-state index in [0.29, 0.717) is 6.42 Å². The van der Waals surface area contributed by atoms with Crippen molar-refractivity contribution in [3.05, 3.63) is 17.9 Å². The average molecular weight is 162 g/mol. The first kappa shape index (κ1) is 10.6. The van der Waals surface area contributed by atoms with Gasteiger partial charge in [-0.15, -0.1) is 12.2 Å². The number of hydrogen-bond acceptors (Lipinski definition) is 2. The molecule has 0 radical (unpaired) electrons. The molecule has 0 saturated heterocycles. The van der Waals surface area contributed by atoms with E-state index >= 15 is 0 Å². The van der Waals surface area contributed by atoms with Crippen molar-refractivity contribution in [2.75, 3.05) is 6.61 Å². The lowest BCUT2D eigenvalue weighted by molar-refractivity contribution is 0.170. The van der Waals surface area contributed by atoms with Gasteiger partial charge in [-0.1, -0.05) is 5.92 Å². The molecule has 0 bridgehead atoms. The molecule has 0 saturated carbocycles. The van der Waals surface area contributed by atoms with Crippen molar-refractivity contribution < 1.29 is 10.2 Å². The monoisotopic (exact) mass is 162 g/mol. The molecule has 2 N–H and O–H groups in total. The second-order valence-electron chi connectivity index (χ2n) is 1.97. The Hall–Kier alpha value is -1.44. The predicted molar refractivity (Wildman–Crippen MR) is 47.0 cm³/mol. The Morgan fingerprint density at radius 1 is 1.50 bits per heavy atom. The van der Waals surface area contributed by atoms with Crippen LogP contribution >= 0.6 is 0 Å². The molecule has 0 aromatic rings. The Labute approximate surface area is 72.2 Å². The highest BCUT2D eigenvalue weighted by Gasteiger charge is 1.93. The van der Waals surface area contributed by atoms with Gasteiger partial charge in [0, 0.05) is 19.1 Å². The maximum absolute atomic E-state index is 9.02. The van der Waals surface area contributed by atoms with Gasteiger partial charge in [0.2, 0.25) is 0 Å². The Kier molecular flexibility index (Phi) is 6.74. The molecular weight excluding hydrogens is 152 g/mol. The lowest BCUT2D eigenvalue weighted by Crippen LogP contribution is -2.03. The normalized spacial score (nSPS) is 9.75. The van der Waals surface area contributed by atoms with E-state index in [1.54, 1.807) is 0 Å². The quantitative estimate of drug-likeness (QED) is 0.455. The molecule has 0 amide bonds. The van der Waals surface area contributed by atoms with E-state index in [2.05, 4.69) is 23.5 Å². The van der Waals surface area contributed by atoms with Crippen molar-refractivity contribution in [1.82, 2.24) is 0 Å². The number of aliphatic hydroxyl groups is 2. The third kappa shape index (κ3) is 6.68. The lowest BCUT2D eigenvalue weighted by atomic mass is 10.2. The second-order valence-corrected chi connectivity index (χ2v) is 1.97. The fourth-order valence-corrected chi connectivity index (χ4v) is 0.494. The van der Waals surface area contributed by atoms with Gasteiger partial charge in [-0.25, -0.2) is 0 Å². The van der Waals surface area contributed by atoms with Gasteiger partial charge < -0.3 is 10.2 Å². The first-order valence-electron chi connectivity index (χ1n) is 3.47. The summed E-state index contributed by atoms with van der Waals surface area (Å²) in [5.74, 6) is 7.00. The molecule has 12 heavy (non-hydrogen) atoms. The predicted octanol–water partition coefficient (Wildman–Crippen LogP) is 0.0776. The third-order valence-corrected chi connectivity index (χ3v) is 1.01. The summed E-state index contributed by atoms with van der Waals surface area (Å²) in [5.41, 5.74) is 2.62. The van der Waals surface area contributed by atoms with Gasteiger partial charge in [0.25, 0.3) is 0 Å². The minimum Gasteiger partial charge on any atom is -0.396 e. The molecule has 62 valence electrons. The van der Waals surface area contributed by atoms with Gasteiger partial charge in [-0.2, -0.15) is 0 Å². The zero-order chi connectivity index (χ0) is 9.23. The Bertz CT molecular complexity index is 266. The molecule has 0 spiro atoms. The van der Waals surface area contributed by atoms with Crippen LogP contribution in [0.3, 0.4) is 0 Å². The minimum atomic E-state index is -0.668. The summed E-state index contributed by atoms with van der Waals surface area (Å²) in [5, 5.41) is 17.4. The van der Waals surface area contributed by atoms with Gasteiger partial charge in [0.1, 0.15) is 0 Å². The Balaban J connectivity index is 3.89. The smallest absolute Gasteiger partial charge is 0.0816 e. The van der Waals surface area contributed by atoms with Gasteiger partial charge in [0.15, 0.2) is 0 Å². The summed E-state index contributed by atoms with van der Waals surface area (Å²) >= 11 is 0. The fourth-order valence-electron chi connectivity index (χ4n) is 0.494. The Morgan fingerprint density at radius 3 is 2.83 bits per heavy atom. The lowest BCUT2D eigenvalue weighted by Gasteiger charge is -1.97. The third-order valence-electron chi connectivity index (χ3n) is 1.01. The maximum Gasteiger partial charge on any atom is 0.0816 e. The van der Waals surface area contributed by atoms with Gasteiger partial charge in [-0.05, 0) is 17.9 Å². The van der Waals surface area contributed by atoms with Crippen molar-refractivity contribution in [3.63, 3.8) is 0 Å². The van der Waals surface area contributed by atoms with E-state index in [1.807, 2.05) is 0 Å². The van der Waals surface area contributed by atoms with Crippen LogP contribution in [-0.2, 0) is 0 Å². The molecular formula is C10H10O2. The first-order valence-corrected chi connectivity index (χ1v) is 3.47. The van der Waals surface area contributed by atoms with Crippen molar-refractivity contribution >= 4 is 0 Å². The van der Waals surface area contributed by atoms with Crippen molar-refractivity contribution in [1.29, 1.82) is 0 Å². The summed E-state index contributed by atoms with van der Waals surface area (Å²) in [7, 11) is 0. The fraction of sp³-hybridized carbons (Fsp3) is 0.300. The SMILES string of the molecule is C#CC#CC=C=C[C@H](O)CCO. The van der Waals surface area contributed by atoms with E-state index < -0.39 is 6.10 Å². The molecule has 0 rings (SSSR count).